The number of aromatic nitrogens is 1. The summed E-state index contributed by atoms with van der Waals surface area (Å²) in [5.74, 6) is 0.825. The Hall–Kier alpha value is -1.97. The van der Waals surface area contributed by atoms with Crippen molar-refractivity contribution in [3.05, 3.63) is 47.3 Å². The molecule has 0 bridgehead atoms. The van der Waals surface area contributed by atoms with Crippen LogP contribution in [0.15, 0.2) is 45.1 Å². The predicted molar refractivity (Wildman–Crippen MR) is 70.0 cm³/mol. The highest BCUT2D eigenvalue weighted by atomic mass is 16.5. The molecule has 94 valence electrons. The Morgan fingerprint density at radius 3 is 2.67 bits per heavy atom. The Morgan fingerprint density at radius 1 is 1.28 bits per heavy atom. The lowest BCUT2D eigenvalue weighted by atomic mass is 10.1. The molecule has 1 atom stereocenters. The summed E-state index contributed by atoms with van der Waals surface area (Å²) in [5.41, 5.74) is 2.88. The number of hydrogen-bond donors (Lipinski definition) is 0. The molecule has 0 fully saturated rings. The lowest BCUT2D eigenvalue weighted by Gasteiger charge is -2.04. The lowest BCUT2D eigenvalue weighted by Crippen LogP contribution is -1.95. The molecule has 0 aliphatic carbocycles. The first-order valence-corrected chi connectivity index (χ1v) is 6.13. The molecule has 0 aliphatic rings. The van der Waals surface area contributed by atoms with Crippen LogP contribution >= 0.6 is 0 Å². The van der Waals surface area contributed by atoms with Crippen LogP contribution in [0.5, 0.6) is 0 Å². The van der Waals surface area contributed by atoms with Crippen LogP contribution in [0.1, 0.15) is 36.9 Å². The molecule has 1 aromatic carbocycles. The highest BCUT2D eigenvalue weighted by molar-refractivity contribution is 5.35. The maximum Gasteiger partial charge on any atom is 0.139 e. The van der Waals surface area contributed by atoms with E-state index < -0.39 is 0 Å². The summed E-state index contributed by atoms with van der Waals surface area (Å²) in [6, 6.07) is 9.67. The van der Waals surface area contributed by atoms with Crippen molar-refractivity contribution in [1.82, 2.24) is 5.16 Å². The van der Waals surface area contributed by atoms with Crippen molar-refractivity contribution in [2.24, 2.45) is 10.2 Å². The molecule has 2 aromatic rings. The van der Waals surface area contributed by atoms with Crippen molar-refractivity contribution in [3.63, 3.8) is 0 Å². The first-order valence-electron chi connectivity index (χ1n) is 6.13. The fourth-order valence-corrected chi connectivity index (χ4v) is 1.92. The van der Waals surface area contributed by atoms with E-state index in [1.54, 1.807) is 0 Å². The Bertz CT molecular complexity index is 531. The lowest BCUT2D eigenvalue weighted by molar-refractivity contribution is 0.389. The van der Waals surface area contributed by atoms with Gasteiger partial charge in [0.15, 0.2) is 0 Å². The third-order valence-electron chi connectivity index (χ3n) is 2.84. The second-order valence-electron chi connectivity index (χ2n) is 4.18. The van der Waals surface area contributed by atoms with Gasteiger partial charge in [0.1, 0.15) is 5.76 Å². The van der Waals surface area contributed by atoms with E-state index in [4.69, 9.17) is 4.52 Å². The first kappa shape index (κ1) is 12.5. The van der Waals surface area contributed by atoms with Gasteiger partial charge in [-0.25, -0.2) is 0 Å². The van der Waals surface area contributed by atoms with Crippen molar-refractivity contribution in [1.29, 1.82) is 0 Å². The third-order valence-corrected chi connectivity index (χ3v) is 2.84. The van der Waals surface area contributed by atoms with E-state index in [2.05, 4.69) is 22.3 Å². The summed E-state index contributed by atoms with van der Waals surface area (Å²) >= 11 is 0. The van der Waals surface area contributed by atoms with Crippen LogP contribution < -0.4 is 0 Å². The highest BCUT2D eigenvalue weighted by Crippen LogP contribution is 2.26. The van der Waals surface area contributed by atoms with Gasteiger partial charge in [-0.3, -0.25) is 0 Å². The molecule has 1 aromatic heterocycles. The monoisotopic (exact) mass is 243 g/mol. The summed E-state index contributed by atoms with van der Waals surface area (Å²) in [6.07, 6.45) is 0.845. The van der Waals surface area contributed by atoms with Crippen LogP contribution in [0.3, 0.4) is 0 Å². The number of aryl methyl sites for hydroxylation is 2. The molecule has 1 heterocycles. The van der Waals surface area contributed by atoms with Gasteiger partial charge in [0.25, 0.3) is 0 Å². The minimum Gasteiger partial charge on any atom is -0.361 e. The molecule has 0 amide bonds. The minimum atomic E-state index is -0.0357. The van der Waals surface area contributed by atoms with E-state index in [-0.39, 0.29) is 6.04 Å². The van der Waals surface area contributed by atoms with E-state index in [1.807, 2.05) is 44.2 Å². The Labute approximate surface area is 107 Å². The molecule has 0 radical (unpaired) electrons. The van der Waals surface area contributed by atoms with Crippen LogP contribution in [0.25, 0.3) is 0 Å². The molecule has 1 unspecified atom stereocenters. The summed E-state index contributed by atoms with van der Waals surface area (Å²) in [6.45, 7) is 5.98. The zero-order valence-corrected chi connectivity index (χ0v) is 10.9. The fourth-order valence-electron chi connectivity index (χ4n) is 1.92. The van der Waals surface area contributed by atoms with Crippen LogP contribution in [0, 0.1) is 6.92 Å². The van der Waals surface area contributed by atoms with E-state index in [0.717, 1.165) is 29.1 Å². The fraction of sp³-hybridized carbons (Fsp3) is 0.357. The van der Waals surface area contributed by atoms with Gasteiger partial charge in [0.2, 0.25) is 0 Å². The summed E-state index contributed by atoms with van der Waals surface area (Å²) in [7, 11) is 0. The van der Waals surface area contributed by atoms with E-state index in [0.29, 0.717) is 0 Å². The third kappa shape index (κ3) is 2.64. The smallest absolute Gasteiger partial charge is 0.139 e. The SMILES string of the molecule is CCc1noc(C)c1C(C)N=Nc1ccccc1. The van der Waals surface area contributed by atoms with Gasteiger partial charge >= 0.3 is 0 Å². The molecule has 0 spiro atoms. The van der Waals surface area contributed by atoms with Gasteiger partial charge in [-0.15, -0.1) is 0 Å². The Kier molecular flexibility index (Phi) is 3.87. The van der Waals surface area contributed by atoms with Gasteiger partial charge in [-0.2, -0.15) is 10.2 Å². The van der Waals surface area contributed by atoms with Crippen LogP contribution in [-0.2, 0) is 6.42 Å². The molecule has 0 N–H and O–H groups in total. The average molecular weight is 243 g/mol. The zero-order chi connectivity index (χ0) is 13.0. The van der Waals surface area contributed by atoms with Gasteiger partial charge in [0, 0.05) is 5.56 Å². The van der Waals surface area contributed by atoms with Crippen molar-refractivity contribution < 1.29 is 4.52 Å². The summed E-state index contributed by atoms with van der Waals surface area (Å²) in [4.78, 5) is 0. The van der Waals surface area contributed by atoms with Crippen LogP contribution in [0.2, 0.25) is 0 Å². The van der Waals surface area contributed by atoms with Crippen molar-refractivity contribution in [3.8, 4) is 0 Å². The van der Waals surface area contributed by atoms with E-state index in [1.165, 1.54) is 0 Å². The zero-order valence-electron chi connectivity index (χ0n) is 10.9. The van der Waals surface area contributed by atoms with Gasteiger partial charge in [0.05, 0.1) is 17.4 Å². The van der Waals surface area contributed by atoms with Gasteiger partial charge in [-0.1, -0.05) is 30.3 Å². The van der Waals surface area contributed by atoms with Crippen LogP contribution in [-0.4, -0.2) is 5.16 Å². The largest absolute Gasteiger partial charge is 0.361 e. The summed E-state index contributed by atoms with van der Waals surface area (Å²) in [5, 5.41) is 12.6. The van der Waals surface area contributed by atoms with E-state index >= 15 is 0 Å². The van der Waals surface area contributed by atoms with Gasteiger partial charge in [-0.05, 0) is 32.4 Å². The summed E-state index contributed by atoms with van der Waals surface area (Å²) < 4.78 is 5.21. The first-order chi connectivity index (χ1) is 8.72. The maximum absolute atomic E-state index is 5.21. The second-order valence-corrected chi connectivity index (χ2v) is 4.18. The molecule has 0 saturated heterocycles. The minimum absolute atomic E-state index is 0.0357. The topological polar surface area (TPSA) is 50.8 Å². The Balaban J connectivity index is 2.19. The number of azo groups is 1. The second kappa shape index (κ2) is 5.58. The number of rotatable bonds is 4. The molecule has 4 nitrogen and oxygen atoms in total. The normalized spacial score (nSPS) is 13.1. The van der Waals surface area contributed by atoms with Crippen molar-refractivity contribution >= 4 is 5.69 Å². The van der Waals surface area contributed by atoms with Gasteiger partial charge < -0.3 is 4.52 Å². The number of nitrogens with zero attached hydrogens (tertiary/aromatic N) is 3. The maximum atomic E-state index is 5.21. The molecular weight excluding hydrogens is 226 g/mol. The van der Waals surface area contributed by atoms with Crippen molar-refractivity contribution in [2.75, 3.05) is 0 Å². The quantitative estimate of drug-likeness (QED) is 0.748. The molecule has 4 heteroatoms. The Morgan fingerprint density at radius 2 is 2.00 bits per heavy atom. The van der Waals surface area contributed by atoms with E-state index in [9.17, 15) is 0 Å². The van der Waals surface area contributed by atoms with Crippen molar-refractivity contribution in [2.45, 2.75) is 33.2 Å². The molecule has 0 aliphatic heterocycles. The number of benzene rings is 1. The standard InChI is InChI=1S/C14H17N3O/c1-4-13-14(11(3)18-17-13)10(2)15-16-12-8-6-5-7-9-12/h5-10H,4H2,1-3H3. The molecular formula is C14H17N3O. The highest BCUT2D eigenvalue weighted by Gasteiger charge is 2.17. The predicted octanol–water partition coefficient (Wildman–Crippen LogP) is 4.39. The number of hydrogen-bond acceptors (Lipinski definition) is 4. The molecule has 18 heavy (non-hydrogen) atoms. The average Bonchev–Trinajstić information content (AvgIpc) is 2.78. The molecule has 2 rings (SSSR count). The van der Waals surface area contributed by atoms with Crippen LogP contribution in [0.4, 0.5) is 5.69 Å². The molecule has 0 saturated carbocycles.